The summed E-state index contributed by atoms with van der Waals surface area (Å²) in [7, 11) is 0. The van der Waals surface area contributed by atoms with Gasteiger partial charge in [-0.15, -0.1) is 0 Å². The summed E-state index contributed by atoms with van der Waals surface area (Å²) in [5, 5.41) is 8.46. The SMILES string of the molecule is Cc1cccc(-c2ccn(-c3cc(N4CCOCC4)c4ncn(C[C@H]5CCCN5)c4n3)n2)c1. The molecule has 3 aromatic heterocycles. The third-order valence-electron chi connectivity index (χ3n) is 6.61. The molecule has 1 aromatic carbocycles. The lowest BCUT2D eigenvalue weighted by atomic mass is 10.1. The van der Waals surface area contributed by atoms with Crippen LogP contribution in [-0.2, 0) is 11.3 Å². The van der Waals surface area contributed by atoms with E-state index < -0.39 is 0 Å². The molecule has 5 heterocycles. The molecule has 8 heteroatoms. The summed E-state index contributed by atoms with van der Waals surface area (Å²) in [5.41, 5.74) is 6.24. The van der Waals surface area contributed by atoms with E-state index in [0.29, 0.717) is 6.04 Å². The van der Waals surface area contributed by atoms with E-state index in [9.17, 15) is 0 Å². The summed E-state index contributed by atoms with van der Waals surface area (Å²) >= 11 is 0. The smallest absolute Gasteiger partial charge is 0.164 e. The molecule has 0 spiro atoms. The lowest BCUT2D eigenvalue weighted by molar-refractivity contribution is 0.123. The van der Waals surface area contributed by atoms with Crippen molar-refractivity contribution >= 4 is 16.9 Å². The first-order valence-corrected chi connectivity index (χ1v) is 11.8. The van der Waals surface area contributed by atoms with Gasteiger partial charge in [-0.05, 0) is 38.4 Å². The number of hydrogen-bond donors (Lipinski definition) is 1. The second-order valence-electron chi connectivity index (χ2n) is 8.98. The molecule has 170 valence electrons. The van der Waals surface area contributed by atoms with Crippen molar-refractivity contribution in [3.63, 3.8) is 0 Å². The average molecular weight is 444 g/mol. The molecule has 0 amide bonds. The Hall–Kier alpha value is -3.23. The summed E-state index contributed by atoms with van der Waals surface area (Å²) in [6.45, 7) is 7.22. The lowest BCUT2D eigenvalue weighted by Gasteiger charge is -2.29. The van der Waals surface area contributed by atoms with Crippen LogP contribution in [0.5, 0.6) is 0 Å². The van der Waals surface area contributed by atoms with Gasteiger partial charge in [0.05, 0.1) is 30.9 Å². The van der Waals surface area contributed by atoms with Crippen molar-refractivity contribution in [2.24, 2.45) is 0 Å². The minimum atomic E-state index is 0.470. The van der Waals surface area contributed by atoms with Gasteiger partial charge < -0.3 is 19.5 Å². The van der Waals surface area contributed by atoms with Crippen LogP contribution in [0.1, 0.15) is 18.4 Å². The van der Waals surface area contributed by atoms with Gasteiger partial charge in [-0.1, -0.05) is 23.8 Å². The number of aryl methyl sites for hydroxylation is 1. The molecule has 2 aliphatic heterocycles. The van der Waals surface area contributed by atoms with E-state index >= 15 is 0 Å². The maximum absolute atomic E-state index is 5.60. The van der Waals surface area contributed by atoms with Crippen molar-refractivity contribution < 1.29 is 4.74 Å². The van der Waals surface area contributed by atoms with Crippen LogP contribution in [0, 0.1) is 6.92 Å². The second-order valence-corrected chi connectivity index (χ2v) is 8.98. The molecule has 1 N–H and O–H groups in total. The van der Waals surface area contributed by atoms with Gasteiger partial charge in [0.2, 0.25) is 0 Å². The Labute approximate surface area is 193 Å². The highest BCUT2D eigenvalue weighted by atomic mass is 16.5. The maximum atomic E-state index is 5.60. The Balaban J connectivity index is 1.43. The maximum Gasteiger partial charge on any atom is 0.164 e. The van der Waals surface area contributed by atoms with Gasteiger partial charge in [-0.25, -0.2) is 14.6 Å². The Bertz CT molecular complexity index is 1260. The minimum absolute atomic E-state index is 0.470. The molecular weight excluding hydrogens is 414 g/mol. The van der Waals surface area contributed by atoms with Crippen molar-refractivity contribution in [3.8, 4) is 17.1 Å². The number of morpholine rings is 1. The third-order valence-corrected chi connectivity index (χ3v) is 6.61. The molecule has 33 heavy (non-hydrogen) atoms. The largest absolute Gasteiger partial charge is 0.378 e. The quantitative estimate of drug-likeness (QED) is 0.511. The molecule has 0 aliphatic carbocycles. The number of aromatic nitrogens is 5. The lowest BCUT2D eigenvalue weighted by Crippen LogP contribution is -2.36. The van der Waals surface area contributed by atoms with Crippen LogP contribution in [-0.4, -0.2) is 63.2 Å². The summed E-state index contributed by atoms with van der Waals surface area (Å²) in [4.78, 5) is 12.2. The topological polar surface area (TPSA) is 73.0 Å². The van der Waals surface area contributed by atoms with E-state index in [1.807, 2.05) is 17.2 Å². The molecule has 1 atom stereocenters. The van der Waals surface area contributed by atoms with Crippen molar-refractivity contribution in [2.45, 2.75) is 32.4 Å². The first kappa shape index (κ1) is 20.4. The van der Waals surface area contributed by atoms with Crippen LogP contribution < -0.4 is 10.2 Å². The van der Waals surface area contributed by atoms with Gasteiger partial charge in [-0.3, -0.25) is 0 Å². The van der Waals surface area contributed by atoms with Gasteiger partial charge in [0, 0.05) is 43.5 Å². The number of imidazole rings is 1. The Morgan fingerprint density at radius 3 is 2.88 bits per heavy atom. The molecule has 8 nitrogen and oxygen atoms in total. The van der Waals surface area contributed by atoms with E-state index in [1.165, 1.54) is 18.4 Å². The molecule has 0 unspecified atom stereocenters. The standard InChI is InChI=1S/C25H29N7O/c1-18-4-2-5-19(14-18)21-7-9-32(29-21)23-15-22(30-10-12-33-13-11-30)24-25(28-23)31(17-27-24)16-20-6-3-8-26-20/h2,4-5,7,9,14-15,17,20,26H,3,6,8,10-13,16H2,1H3/t20-/m1/s1. The minimum Gasteiger partial charge on any atom is -0.378 e. The zero-order valence-corrected chi connectivity index (χ0v) is 18.9. The van der Waals surface area contributed by atoms with Crippen LogP contribution in [0.2, 0.25) is 0 Å². The molecule has 0 saturated carbocycles. The number of pyridine rings is 1. The summed E-state index contributed by atoms with van der Waals surface area (Å²) in [5.74, 6) is 0.809. The number of hydrogen-bond acceptors (Lipinski definition) is 6. The zero-order valence-electron chi connectivity index (χ0n) is 18.9. The molecule has 2 saturated heterocycles. The Kier molecular flexibility index (Phi) is 5.32. The molecule has 6 rings (SSSR count). The van der Waals surface area contributed by atoms with Crippen LogP contribution >= 0.6 is 0 Å². The monoisotopic (exact) mass is 443 g/mol. The van der Waals surface area contributed by atoms with E-state index in [2.05, 4.69) is 58.1 Å². The van der Waals surface area contributed by atoms with Crippen molar-refractivity contribution in [1.29, 1.82) is 0 Å². The molecule has 0 bridgehead atoms. The van der Waals surface area contributed by atoms with Crippen molar-refractivity contribution in [1.82, 2.24) is 29.6 Å². The number of ether oxygens (including phenoxy) is 1. The fraction of sp³-hybridized carbons (Fsp3) is 0.400. The average Bonchev–Trinajstić information content (AvgIpc) is 3.61. The van der Waals surface area contributed by atoms with Crippen LogP contribution in [0.3, 0.4) is 0 Å². The van der Waals surface area contributed by atoms with Gasteiger partial charge >= 0.3 is 0 Å². The van der Waals surface area contributed by atoms with Crippen LogP contribution in [0.15, 0.2) is 48.9 Å². The summed E-state index contributed by atoms with van der Waals surface area (Å²) in [6, 6.07) is 13.1. The van der Waals surface area contributed by atoms with E-state index in [1.54, 1.807) is 0 Å². The van der Waals surface area contributed by atoms with Gasteiger partial charge in [0.1, 0.15) is 5.52 Å². The van der Waals surface area contributed by atoms with Gasteiger partial charge in [0.25, 0.3) is 0 Å². The van der Waals surface area contributed by atoms with E-state index in [4.69, 9.17) is 19.8 Å². The summed E-state index contributed by atoms with van der Waals surface area (Å²) in [6.07, 6.45) is 6.35. The fourth-order valence-corrected chi connectivity index (χ4v) is 4.86. The van der Waals surface area contributed by atoms with E-state index in [0.717, 1.165) is 73.3 Å². The second kappa shape index (κ2) is 8.61. The number of rotatable bonds is 5. The molecule has 4 aromatic rings. The predicted molar refractivity (Wildman–Crippen MR) is 129 cm³/mol. The molecule has 2 fully saturated rings. The highest BCUT2D eigenvalue weighted by Crippen LogP contribution is 2.29. The number of fused-ring (bicyclic) bond motifs is 1. The number of benzene rings is 1. The molecule has 0 radical (unpaired) electrons. The first-order valence-electron chi connectivity index (χ1n) is 11.8. The fourth-order valence-electron chi connectivity index (χ4n) is 4.86. The number of nitrogens with one attached hydrogen (secondary N) is 1. The normalized spacial score (nSPS) is 18.9. The Morgan fingerprint density at radius 2 is 2.06 bits per heavy atom. The highest BCUT2D eigenvalue weighted by molar-refractivity contribution is 5.87. The first-order chi connectivity index (χ1) is 16.2. The molecule has 2 aliphatic rings. The van der Waals surface area contributed by atoms with E-state index in [-0.39, 0.29) is 0 Å². The van der Waals surface area contributed by atoms with Crippen molar-refractivity contribution in [2.75, 3.05) is 37.7 Å². The third kappa shape index (κ3) is 4.00. The van der Waals surface area contributed by atoms with Crippen molar-refractivity contribution in [3.05, 3.63) is 54.5 Å². The highest BCUT2D eigenvalue weighted by Gasteiger charge is 2.22. The number of anilines is 1. The Morgan fingerprint density at radius 1 is 1.15 bits per heavy atom. The van der Waals surface area contributed by atoms with Crippen LogP contribution in [0.25, 0.3) is 28.2 Å². The van der Waals surface area contributed by atoms with Gasteiger partial charge in [0.15, 0.2) is 11.5 Å². The predicted octanol–water partition coefficient (Wildman–Crippen LogP) is 3.18. The van der Waals surface area contributed by atoms with Gasteiger partial charge in [-0.2, -0.15) is 5.10 Å². The molecular formula is C25H29N7O. The van der Waals surface area contributed by atoms with Crippen LogP contribution in [0.4, 0.5) is 5.69 Å². The summed E-state index contributed by atoms with van der Waals surface area (Å²) < 4.78 is 9.67. The number of nitrogens with zero attached hydrogens (tertiary/aromatic N) is 6. The zero-order chi connectivity index (χ0) is 22.2.